The van der Waals surface area contributed by atoms with Crippen LogP contribution in [0.25, 0.3) is 0 Å². The number of benzene rings is 1. The molecule has 0 bridgehead atoms. The van der Waals surface area contributed by atoms with Crippen molar-refractivity contribution in [2.45, 2.75) is 26.9 Å². The molecule has 0 aliphatic rings. The van der Waals surface area contributed by atoms with Gasteiger partial charge >= 0.3 is 0 Å². The summed E-state index contributed by atoms with van der Waals surface area (Å²) in [6.07, 6.45) is -0.818. The largest absolute Gasteiger partial charge is 0.389 e. The normalized spacial score (nSPS) is 11.8. The van der Waals surface area contributed by atoms with Crippen LogP contribution in [0, 0.1) is 13.8 Å². The lowest BCUT2D eigenvalue weighted by molar-refractivity contribution is -0.116. The Balaban J connectivity index is 2.89. The highest BCUT2D eigenvalue weighted by atomic mass is 16.3. The molecular weight excluding hydrogens is 256 g/mol. The average molecular weight is 278 g/mol. The molecule has 110 valence electrons. The van der Waals surface area contributed by atoms with E-state index in [1.54, 1.807) is 0 Å². The number of hydrogen-bond acceptors (Lipinski definition) is 3. The van der Waals surface area contributed by atoms with Gasteiger partial charge in [0.25, 0.3) is 0 Å². The molecule has 6 heteroatoms. The van der Waals surface area contributed by atoms with Gasteiger partial charge in [0, 0.05) is 12.6 Å². The second-order valence-electron chi connectivity index (χ2n) is 4.84. The molecule has 1 aromatic carbocycles. The number of amides is 1. The molecule has 1 aromatic rings. The molecule has 1 rings (SSSR count). The second-order valence-corrected chi connectivity index (χ2v) is 4.84. The van der Waals surface area contributed by atoms with E-state index in [0.29, 0.717) is 0 Å². The van der Waals surface area contributed by atoms with Crippen LogP contribution in [0.2, 0.25) is 0 Å². The maximum atomic E-state index is 11.8. The molecule has 0 aliphatic carbocycles. The lowest BCUT2D eigenvalue weighted by Gasteiger charge is -2.25. The van der Waals surface area contributed by atoms with Crippen LogP contribution in [0.1, 0.15) is 18.1 Å². The minimum atomic E-state index is -0.818. The van der Waals surface area contributed by atoms with Crippen LogP contribution < -0.4 is 16.4 Å². The zero-order valence-electron chi connectivity index (χ0n) is 12.1. The Morgan fingerprint density at radius 1 is 1.40 bits per heavy atom. The number of rotatable bonds is 5. The van der Waals surface area contributed by atoms with Gasteiger partial charge in [-0.25, -0.2) is 0 Å². The first-order valence-electron chi connectivity index (χ1n) is 6.40. The maximum Gasteiger partial charge on any atom is 0.223 e. The number of aliphatic hydroxyl groups excluding tert-OH is 1. The fourth-order valence-corrected chi connectivity index (χ4v) is 1.98. The first-order valence-corrected chi connectivity index (χ1v) is 6.40. The summed E-state index contributed by atoms with van der Waals surface area (Å²) in [5.41, 5.74) is 13.3. The van der Waals surface area contributed by atoms with E-state index in [9.17, 15) is 9.90 Å². The zero-order chi connectivity index (χ0) is 15.3. The molecule has 0 heterocycles. The molecule has 0 radical (unpaired) electrons. The third-order valence-corrected chi connectivity index (χ3v) is 2.90. The molecule has 0 fully saturated rings. The number of guanidine groups is 1. The molecular formula is C14H22N4O2. The van der Waals surface area contributed by atoms with Crippen molar-refractivity contribution in [1.29, 1.82) is 0 Å². The zero-order valence-corrected chi connectivity index (χ0v) is 12.1. The number of aliphatic hydroxyl groups is 1. The molecule has 0 spiro atoms. The van der Waals surface area contributed by atoms with Gasteiger partial charge in [-0.15, -0.1) is 0 Å². The Kier molecular flexibility index (Phi) is 5.52. The van der Waals surface area contributed by atoms with Gasteiger partial charge in [0.2, 0.25) is 5.91 Å². The first kappa shape index (κ1) is 16.0. The first-order chi connectivity index (χ1) is 9.31. The Morgan fingerprint density at radius 2 is 2.05 bits per heavy atom. The number of nitrogens with two attached hydrogens (primary N) is 2. The number of carbonyl (C=O) groups is 1. The van der Waals surface area contributed by atoms with Gasteiger partial charge in [-0.05, 0) is 25.5 Å². The highest BCUT2D eigenvalue weighted by molar-refractivity contribution is 5.92. The highest BCUT2D eigenvalue weighted by Gasteiger charge is 2.17. The van der Waals surface area contributed by atoms with Crippen LogP contribution in [0.4, 0.5) is 5.69 Å². The fourth-order valence-electron chi connectivity index (χ4n) is 1.98. The lowest BCUT2D eigenvalue weighted by Crippen LogP contribution is -2.38. The van der Waals surface area contributed by atoms with Gasteiger partial charge in [-0.1, -0.05) is 17.7 Å². The molecule has 1 atom stereocenters. The van der Waals surface area contributed by atoms with Gasteiger partial charge in [-0.3, -0.25) is 9.79 Å². The molecule has 0 saturated heterocycles. The van der Waals surface area contributed by atoms with E-state index >= 15 is 0 Å². The second kappa shape index (κ2) is 6.91. The quantitative estimate of drug-likeness (QED) is 0.532. The molecule has 0 aliphatic heterocycles. The van der Waals surface area contributed by atoms with Crippen LogP contribution in [-0.2, 0) is 4.79 Å². The van der Waals surface area contributed by atoms with E-state index in [4.69, 9.17) is 11.5 Å². The summed E-state index contributed by atoms with van der Waals surface area (Å²) in [6, 6.07) is 5.80. The molecule has 1 amide bonds. The summed E-state index contributed by atoms with van der Waals surface area (Å²) >= 11 is 0. The van der Waals surface area contributed by atoms with Crippen molar-refractivity contribution in [3.63, 3.8) is 0 Å². The monoisotopic (exact) mass is 278 g/mol. The standard InChI is InChI=1S/C14H22N4O2/c1-9-4-5-13(10(2)6-9)18(11(3)19)8-12(20)7-17-14(15)16/h4-6,12,20H,7-8H2,1-3H3,(H4,15,16,17)/t12-/m1/s1. The van der Waals surface area contributed by atoms with Gasteiger partial charge < -0.3 is 21.5 Å². The number of nitrogens with zero attached hydrogens (tertiary/aromatic N) is 2. The molecule has 0 saturated carbocycles. The van der Waals surface area contributed by atoms with Crippen LogP contribution in [-0.4, -0.2) is 36.2 Å². The van der Waals surface area contributed by atoms with Crippen molar-refractivity contribution in [3.05, 3.63) is 29.3 Å². The van der Waals surface area contributed by atoms with Crippen LogP contribution in [0.15, 0.2) is 23.2 Å². The van der Waals surface area contributed by atoms with Crippen molar-refractivity contribution < 1.29 is 9.90 Å². The minimum absolute atomic E-state index is 0.0665. The van der Waals surface area contributed by atoms with Crippen LogP contribution in [0.5, 0.6) is 0 Å². The third kappa shape index (κ3) is 4.55. The van der Waals surface area contributed by atoms with Crippen molar-refractivity contribution >= 4 is 17.6 Å². The van der Waals surface area contributed by atoms with Crippen molar-refractivity contribution in [3.8, 4) is 0 Å². The Bertz CT molecular complexity index is 510. The SMILES string of the molecule is CC(=O)N(C[C@H](O)CN=C(N)N)c1ccc(C)cc1C. The Labute approximate surface area is 119 Å². The molecule has 20 heavy (non-hydrogen) atoms. The van der Waals surface area contributed by atoms with E-state index in [0.717, 1.165) is 16.8 Å². The number of hydrogen-bond donors (Lipinski definition) is 3. The Hall–Kier alpha value is -2.08. The number of aryl methyl sites for hydroxylation is 2. The summed E-state index contributed by atoms with van der Waals surface area (Å²) < 4.78 is 0. The average Bonchev–Trinajstić information content (AvgIpc) is 2.34. The van der Waals surface area contributed by atoms with Gasteiger partial charge in [0.1, 0.15) is 0 Å². The van der Waals surface area contributed by atoms with Crippen molar-refractivity contribution in [1.82, 2.24) is 0 Å². The summed E-state index contributed by atoms with van der Waals surface area (Å²) in [4.78, 5) is 17.1. The van der Waals surface area contributed by atoms with Crippen LogP contribution in [0.3, 0.4) is 0 Å². The summed E-state index contributed by atoms with van der Waals surface area (Å²) in [5, 5.41) is 9.91. The third-order valence-electron chi connectivity index (χ3n) is 2.90. The van der Waals surface area contributed by atoms with Gasteiger partial charge in [0.15, 0.2) is 5.96 Å². The maximum absolute atomic E-state index is 11.8. The van der Waals surface area contributed by atoms with E-state index in [1.807, 2.05) is 32.0 Å². The highest BCUT2D eigenvalue weighted by Crippen LogP contribution is 2.21. The van der Waals surface area contributed by atoms with E-state index < -0.39 is 6.10 Å². The molecule has 6 nitrogen and oxygen atoms in total. The number of carbonyl (C=O) groups excluding carboxylic acids is 1. The summed E-state index contributed by atoms with van der Waals surface area (Å²) in [5.74, 6) is -0.217. The molecule has 5 N–H and O–H groups in total. The smallest absolute Gasteiger partial charge is 0.223 e. The van der Waals surface area contributed by atoms with E-state index in [1.165, 1.54) is 11.8 Å². The topological polar surface area (TPSA) is 105 Å². The summed E-state index contributed by atoms with van der Waals surface area (Å²) in [6.45, 7) is 5.60. The van der Waals surface area contributed by atoms with Crippen LogP contribution >= 0.6 is 0 Å². The van der Waals surface area contributed by atoms with Gasteiger partial charge in [-0.2, -0.15) is 0 Å². The number of anilines is 1. The Morgan fingerprint density at radius 3 is 2.55 bits per heavy atom. The minimum Gasteiger partial charge on any atom is -0.389 e. The van der Waals surface area contributed by atoms with Gasteiger partial charge in [0.05, 0.1) is 19.2 Å². The van der Waals surface area contributed by atoms with Crippen molar-refractivity contribution in [2.75, 3.05) is 18.0 Å². The predicted molar refractivity (Wildman–Crippen MR) is 80.6 cm³/mol. The lowest BCUT2D eigenvalue weighted by atomic mass is 10.1. The van der Waals surface area contributed by atoms with E-state index in [-0.39, 0.29) is 25.0 Å². The van der Waals surface area contributed by atoms with Crippen molar-refractivity contribution in [2.24, 2.45) is 16.5 Å². The number of aliphatic imine (C=N–C) groups is 1. The fraction of sp³-hybridized carbons (Fsp3) is 0.429. The molecule has 0 unspecified atom stereocenters. The van der Waals surface area contributed by atoms with E-state index in [2.05, 4.69) is 4.99 Å². The predicted octanol–water partition coefficient (Wildman–Crippen LogP) is 0.291. The molecule has 0 aromatic heterocycles. The summed E-state index contributed by atoms with van der Waals surface area (Å²) in [7, 11) is 0.